The van der Waals surface area contributed by atoms with Crippen LogP contribution in [0.15, 0.2) is 18.2 Å². The van der Waals surface area contributed by atoms with Crippen LogP contribution in [-0.2, 0) is 30.3 Å². The minimum atomic E-state index is -2.07. The van der Waals surface area contributed by atoms with Crippen LogP contribution in [0.4, 0.5) is 0 Å². The van der Waals surface area contributed by atoms with Gasteiger partial charge in [0, 0.05) is 12.5 Å². The molecule has 0 heterocycles. The average Bonchev–Trinajstić information content (AvgIpc) is 2.88. The second-order valence-corrected chi connectivity index (χ2v) is 11.5. The van der Waals surface area contributed by atoms with Crippen molar-refractivity contribution in [3.8, 4) is 11.5 Å². The first kappa shape index (κ1) is 34.1. The van der Waals surface area contributed by atoms with E-state index in [4.69, 9.17) is 14.2 Å². The van der Waals surface area contributed by atoms with Crippen molar-refractivity contribution in [2.75, 3.05) is 0 Å². The molecule has 9 nitrogen and oxygen atoms in total. The molecule has 1 aromatic rings. The van der Waals surface area contributed by atoms with Crippen molar-refractivity contribution in [2.24, 2.45) is 16.7 Å². The second kappa shape index (κ2) is 13.9. The lowest BCUT2D eigenvalue weighted by Gasteiger charge is -2.34. The van der Waals surface area contributed by atoms with Crippen LogP contribution in [0.3, 0.4) is 0 Å². The molecule has 220 valence electrons. The normalized spacial score (nSPS) is 15.0. The van der Waals surface area contributed by atoms with E-state index >= 15 is 0 Å². The summed E-state index contributed by atoms with van der Waals surface area (Å²) in [5.74, 6) is -3.50. The van der Waals surface area contributed by atoms with Crippen molar-refractivity contribution >= 4 is 23.9 Å². The fourth-order valence-electron chi connectivity index (χ4n) is 3.12. The smallest absolute Gasteiger partial charge is 0.364 e. The van der Waals surface area contributed by atoms with Crippen LogP contribution < -0.4 is 14.8 Å². The summed E-state index contributed by atoms with van der Waals surface area (Å²) < 4.78 is 17.0. The summed E-state index contributed by atoms with van der Waals surface area (Å²) >= 11 is 0. The Hall–Kier alpha value is -2.94. The quantitative estimate of drug-likeness (QED) is 0.161. The van der Waals surface area contributed by atoms with Gasteiger partial charge in [0.1, 0.15) is 0 Å². The zero-order chi connectivity index (χ0) is 30.2. The molecule has 0 bridgehead atoms. The molecule has 0 radical (unpaired) electrons. The Labute approximate surface area is 233 Å². The molecule has 1 aromatic carbocycles. The first-order valence-electron chi connectivity index (χ1n) is 13.8. The number of carbonyl (C=O) groups is 4. The zero-order valence-electron chi connectivity index (χ0n) is 25.2. The Kier molecular flexibility index (Phi) is 12.2. The Morgan fingerprint density at radius 1 is 0.846 bits per heavy atom. The Morgan fingerprint density at radius 2 is 1.36 bits per heavy atom. The number of esters is 3. The third-order valence-electron chi connectivity index (χ3n) is 7.47. The number of aliphatic carboxylic acids is 1. The molecule has 3 atom stereocenters. The average molecular weight is 550 g/mol. The maximum absolute atomic E-state index is 13.0. The molecule has 0 aromatic heterocycles. The van der Waals surface area contributed by atoms with E-state index in [1.54, 1.807) is 47.6 Å². The van der Waals surface area contributed by atoms with Crippen LogP contribution in [-0.4, -0.2) is 40.8 Å². The molecule has 9 heteroatoms. The van der Waals surface area contributed by atoms with Gasteiger partial charge in [0.15, 0.2) is 11.5 Å². The predicted molar refractivity (Wildman–Crippen MR) is 148 cm³/mol. The van der Waals surface area contributed by atoms with Crippen molar-refractivity contribution in [3.63, 3.8) is 0 Å². The number of carbonyl (C=O) groups excluding carboxylic acids is 3. The Balaban J connectivity index is 3.63. The van der Waals surface area contributed by atoms with E-state index < -0.39 is 46.4 Å². The minimum absolute atomic E-state index is 0.0182. The van der Waals surface area contributed by atoms with Crippen molar-refractivity contribution in [2.45, 2.75) is 113 Å². The third-order valence-corrected chi connectivity index (χ3v) is 7.47. The number of ether oxygens (including phenoxy) is 3. The lowest BCUT2D eigenvalue weighted by molar-refractivity contribution is -0.187. The van der Waals surface area contributed by atoms with Gasteiger partial charge in [-0.25, -0.2) is 4.79 Å². The summed E-state index contributed by atoms with van der Waals surface area (Å²) in [4.78, 5) is 51.2. The highest BCUT2D eigenvalue weighted by molar-refractivity contribution is 5.83. The van der Waals surface area contributed by atoms with Crippen LogP contribution in [0, 0.1) is 16.7 Å². The van der Waals surface area contributed by atoms with Crippen molar-refractivity contribution in [3.05, 3.63) is 23.8 Å². The van der Waals surface area contributed by atoms with E-state index in [2.05, 4.69) is 5.32 Å². The number of hydrogen-bond acceptors (Lipinski definition) is 8. The molecule has 0 aliphatic heterocycles. The van der Waals surface area contributed by atoms with E-state index in [0.29, 0.717) is 31.2 Å². The molecule has 2 unspecified atom stereocenters. The lowest BCUT2D eigenvalue weighted by Crippen LogP contribution is -2.60. The highest BCUT2D eigenvalue weighted by Crippen LogP contribution is 2.35. The van der Waals surface area contributed by atoms with Crippen LogP contribution in [0.25, 0.3) is 0 Å². The van der Waals surface area contributed by atoms with Gasteiger partial charge in [-0.05, 0) is 78.0 Å². The van der Waals surface area contributed by atoms with E-state index in [1.807, 2.05) is 27.7 Å². The summed E-state index contributed by atoms with van der Waals surface area (Å²) in [6.45, 7) is 17.9. The standard InChI is InChI=1S/C30H47NO8/c1-11-19(5)24(32)39-30(25(33)34,31-20(6)12-2)18-21-15-16-22(37-26(35)28(7,8)13-3)23(17-21)38-27(36)29(9,10)14-4/h15-17,19-20,31H,11-14,18H2,1-10H3,(H,33,34)/t19?,20?,30-/m0/s1. The fourth-order valence-corrected chi connectivity index (χ4v) is 3.12. The summed E-state index contributed by atoms with van der Waals surface area (Å²) in [5.41, 5.74) is -3.25. The summed E-state index contributed by atoms with van der Waals surface area (Å²) in [5, 5.41) is 13.3. The molecular weight excluding hydrogens is 502 g/mol. The Morgan fingerprint density at radius 3 is 1.79 bits per heavy atom. The molecule has 0 aliphatic carbocycles. The van der Waals surface area contributed by atoms with Crippen molar-refractivity contribution in [1.82, 2.24) is 5.32 Å². The fraction of sp³-hybridized carbons (Fsp3) is 0.667. The first-order chi connectivity index (χ1) is 18.0. The number of hydrogen-bond donors (Lipinski definition) is 2. The van der Waals surface area contributed by atoms with E-state index in [-0.39, 0.29) is 24.0 Å². The zero-order valence-corrected chi connectivity index (χ0v) is 25.2. The van der Waals surface area contributed by atoms with E-state index in [9.17, 15) is 24.3 Å². The molecule has 39 heavy (non-hydrogen) atoms. The molecule has 0 amide bonds. The maximum atomic E-state index is 13.0. The molecule has 0 spiro atoms. The topological polar surface area (TPSA) is 128 Å². The highest BCUT2D eigenvalue weighted by atomic mass is 16.6. The van der Waals surface area contributed by atoms with Crippen molar-refractivity contribution in [1.29, 1.82) is 0 Å². The molecule has 2 N–H and O–H groups in total. The van der Waals surface area contributed by atoms with Gasteiger partial charge in [-0.2, -0.15) is 0 Å². The number of rotatable bonds is 15. The highest BCUT2D eigenvalue weighted by Gasteiger charge is 2.45. The molecule has 0 saturated carbocycles. The van der Waals surface area contributed by atoms with Gasteiger partial charge in [0.25, 0.3) is 5.72 Å². The number of carboxylic acids is 1. The van der Waals surface area contributed by atoms with Gasteiger partial charge >= 0.3 is 23.9 Å². The first-order valence-corrected chi connectivity index (χ1v) is 13.8. The van der Waals surface area contributed by atoms with Crippen LogP contribution in [0.1, 0.15) is 100 Å². The van der Waals surface area contributed by atoms with E-state index in [1.165, 1.54) is 12.1 Å². The molecule has 1 rings (SSSR count). The minimum Gasteiger partial charge on any atom is -0.477 e. The van der Waals surface area contributed by atoms with Crippen molar-refractivity contribution < 1.29 is 38.5 Å². The second-order valence-electron chi connectivity index (χ2n) is 11.5. The van der Waals surface area contributed by atoms with Gasteiger partial charge < -0.3 is 19.3 Å². The SMILES string of the molecule is CCC(C)N[C@@](Cc1ccc(OC(=O)C(C)(C)CC)c(OC(=O)C(C)(C)CC)c1)(OC(=O)C(C)CC)C(=O)O. The van der Waals surface area contributed by atoms with E-state index in [0.717, 1.165) is 0 Å². The van der Waals surface area contributed by atoms with Gasteiger partial charge in [0.05, 0.1) is 16.7 Å². The van der Waals surface area contributed by atoms with Gasteiger partial charge in [0.2, 0.25) is 0 Å². The molecule has 0 saturated heterocycles. The lowest BCUT2D eigenvalue weighted by atomic mass is 9.90. The monoisotopic (exact) mass is 549 g/mol. The van der Waals surface area contributed by atoms with Crippen LogP contribution in [0.2, 0.25) is 0 Å². The summed E-state index contributed by atoms with van der Waals surface area (Å²) in [6.07, 6.45) is 1.86. The predicted octanol–water partition coefficient (Wildman–Crippen LogP) is 5.67. The molecule has 0 fully saturated rings. The van der Waals surface area contributed by atoms with Gasteiger partial charge in [-0.15, -0.1) is 0 Å². The number of carboxylic acid groups (broad SMARTS) is 1. The molecule has 0 aliphatic rings. The largest absolute Gasteiger partial charge is 0.477 e. The summed E-state index contributed by atoms with van der Waals surface area (Å²) in [6, 6.07) is 4.20. The van der Waals surface area contributed by atoms with Crippen LogP contribution >= 0.6 is 0 Å². The number of benzene rings is 1. The number of nitrogens with one attached hydrogen (secondary N) is 1. The van der Waals surface area contributed by atoms with Gasteiger partial charge in [-0.3, -0.25) is 19.7 Å². The molecular formula is C30H47NO8. The summed E-state index contributed by atoms with van der Waals surface area (Å²) in [7, 11) is 0. The van der Waals surface area contributed by atoms with Gasteiger partial charge in [-0.1, -0.05) is 40.7 Å². The third kappa shape index (κ3) is 9.05. The van der Waals surface area contributed by atoms with Crippen LogP contribution in [0.5, 0.6) is 11.5 Å². The Bertz CT molecular complexity index is 1030. The maximum Gasteiger partial charge on any atom is 0.364 e.